The SMILES string of the molecule is CC(C)C(C)Nc1ccc(F)cn1. The molecule has 0 fully saturated rings. The Balaban J connectivity index is 2.59. The highest BCUT2D eigenvalue weighted by Crippen LogP contribution is 2.09. The first-order chi connectivity index (χ1) is 6.09. The highest BCUT2D eigenvalue weighted by atomic mass is 19.1. The van der Waals surface area contributed by atoms with Crippen molar-refractivity contribution in [2.24, 2.45) is 5.92 Å². The molecule has 0 amide bonds. The minimum Gasteiger partial charge on any atom is -0.367 e. The Hall–Kier alpha value is -1.12. The van der Waals surface area contributed by atoms with Gasteiger partial charge in [-0.25, -0.2) is 9.37 Å². The third-order valence-electron chi connectivity index (χ3n) is 2.10. The molecule has 3 heteroatoms. The molecule has 1 rings (SSSR count). The molecule has 0 spiro atoms. The summed E-state index contributed by atoms with van der Waals surface area (Å²) in [5.41, 5.74) is 0. The molecule has 0 aliphatic heterocycles. The molecule has 1 atom stereocenters. The van der Waals surface area contributed by atoms with Crippen LogP contribution in [0.4, 0.5) is 10.2 Å². The molecule has 72 valence electrons. The maximum Gasteiger partial charge on any atom is 0.141 e. The van der Waals surface area contributed by atoms with E-state index in [1.54, 1.807) is 6.07 Å². The Labute approximate surface area is 78.2 Å². The van der Waals surface area contributed by atoms with Crippen LogP contribution in [0.2, 0.25) is 0 Å². The molecule has 1 N–H and O–H groups in total. The van der Waals surface area contributed by atoms with Gasteiger partial charge in [0.15, 0.2) is 0 Å². The third kappa shape index (κ3) is 3.01. The molecule has 0 saturated heterocycles. The molecule has 0 aliphatic rings. The van der Waals surface area contributed by atoms with E-state index in [0.717, 1.165) is 5.82 Å². The van der Waals surface area contributed by atoms with Crippen molar-refractivity contribution >= 4 is 5.82 Å². The normalized spacial score (nSPS) is 13.0. The highest BCUT2D eigenvalue weighted by molar-refractivity contribution is 5.34. The van der Waals surface area contributed by atoms with Crippen molar-refractivity contribution in [2.75, 3.05) is 5.32 Å². The van der Waals surface area contributed by atoms with Crippen LogP contribution in [0.3, 0.4) is 0 Å². The second-order valence-corrected chi connectivity index (χ2v) is 3.54. The van der Waals surface area contributed by atoms with Crippen molar-refractivity contribution < 1.29 is 4.39 Å². The van der Waals surface area contributed by atoms with Crippen LogP contribution in [0.1, 0.15) is 20.8 Å². The highest BCUT2D eigenvalue weighted by Gasteiger charge is 2.06. The number of halogens is 1. The molecule has 1 unspecified atom stereocenters. The summed E-state index contributed by atoms with van der Waals surface area (Å²) >= 11 is 0. The summed E-state index contributed by atoms with van der Waals surface area (Å²) in [4.78, 5) is 3.91. The van der Waals surface area contributed by atoms with E-state index < -0.39 is 0 Å². The van der Waals surface area contributed by atoms with E-state index in [1.807, 2.05) is 0 Å². The molecule has 0 aromatic carbocycles. The van der Waals surface area contributed by atoms with Gasteiger partial charge in [0.25, 0.3) is 0 Å². The van der Waals surface area contributed by atoms with Crippen molar-refractivity contribution in [3.8, 4) is 0 Å². The Morgan fingerprint density at radius 3 is 2.46 bits per heavy atom. The van der Waals surface area contributed by atoms with Crippen molar-refractivity contribution in [3.05, 3.63) is 24.1 Å². The van der Waals surface area contributed by atoms with E-state index >= 15 is 0 Å². The van der Waals surface area contributed by atoms with Crippen LogP contribution < -0.4 is 5.32 Å². The summed E-state index contributed by atoms with van der Waals surface area (Å²) in [6.07, 6.45) is 1.22. The summed E-state index contributed by atoms with van der Waals surface area (Å²) in [5, 5.41) is 3.19. The number of aromatic nitrogens is 1. The second kappa shape index (κ2) is 4.21. The zero-order valence-corrected chi connectivity index (χ0v) is 8.21. The van der Waals surface area contributed by atoms with E-state index in [1.165, 1.54) is 12.3 Å². The minimum absolute atomic E-state index is 0.303. The largest absolute Gasteiger partial charge is 0.367 e. The number of rotatable bonds is 3. The maximum absolute atomic E-state index is 12.5. The van der Waals surface area contributed by atoms with Gasteiger partial charge >= 0.3 is 0 Å². The van der Waals surface area contributed by atoms with Gasteiger partial charge in [0.1, 0.15) is 11.6 Å². The monoisotopic (exact) mass is 182 g/mol. The molecule has 0 aliphatic carbocycles. The maximum atomic E-state index is 12.5. The second-order valence-electron chi connectivity index (χ2n) is 3.54. The number of hydrogen-bond acceptors (Lipinski definition) is 2. The predicted octanol–water partition coefficient (Wildman–Crippen LogP) is 2.68. The van der Waals surface area contributed by atoms with E-state index in [9.17, 15) is 4.39 Å². The summed E-state index contributed by atoms with van der Waals surface area (Å²) in [7, 11) is 0. The number of pyridine rings is 1. The fourth-order valence-corrected chi connectivity index (χ4v) is 0.861. The average Bonchev–Trinajstić information content (AvgIpc) is 2.08. The first-order valence-electron chi connectivity index (χ1n) is 4.47. The topological polar surface area (TPSA) is 24.9 Å². The lowest BCUT2D eigenvalue weighted by atomic mass is 10.1. The Morgan fingerprint density at radius 1 is 1.31 bits per heavy atom. The van der Waals surface area contributed by atoms with Gasteiger partial charge in [0.05, 0.1) is 6.20 Å². The van der Waals surface area contributed by atoms with Crippen LogP contribution >= 0.6 is 0 Å². The van der Waals surface area contributed by atoms with Gasteiger partial charge in [0, 0.05) is 6.04 Å². The van der Waals surface area contributed by atoms with Gasteiger partial charge in [-0.1, -0.05) is 13.8 Å². The van der Waals surface area contributed by atoms with Gasteiger partial charge < -0.3 is 5.32 Å². The van der Waals surface area contributed by atoms with Crippen LogP contribution in [0, 0.1) is 11.7 Å². The van der Waals surface area contributed by atoms with Gasteiger partial charge in [-0.05, 0) is 25.0 Å². The Kier molecular flexibility index (Phi) is 3.23. The van der Waals surface area contributed by atoms with E-state index in [-0.39, 0.29) is 5.82 Å². The molecular weight excluding hydrogens is 167 g/mol. The quantitative estimate of drug-likeness (QED) is 0.777. The minimum atomic E-state index is -0.303. The molecule has 0 saturated carbocycles. The van der Waals surface area contributed by atoms with E-state index in [4.69, 9.17) is 0 Å². The average molecular weight is 182 g/mol. The smallest absolute Gasteiger partial charge is 0.141 e. The van der Waals surface area contributed by atoms with Crippen LogP contribution in [0.15, 0.2) is 18.3 Å². The van der Waals surface area contributed by atoms with Gasteiger partial charge in [-0.15, -0.1) is 0 Å². The summed E-state index contributed by atoms with van der Waals surface area (Å²) in [5.74, 6) is 0.956. The van der Waals surface area contributed by atoms with Gasteiger partial charge in [-0.3, -0.25) is 0 Å². The number of hydrogen-bond donors (Lipinski definition) is 1. The number of nitrogens with zero attached hydrogens (tertiary/aromatic N) is 1. The zero-order valence-electron chi connectivity index (χ0n) is 8.21. The number of nitrogens with one attached hydrogen (secondary N) is 1. The molecular formula is C10H15FN2. The van der Waals surface area contributed by atoms with Crippen LogP contribution in [0.5, 0.6) is 0 Å². The molecule has 2 nitrogen and oxygen atoms in total. The van der Waals surface area contributed by atoms with Crippen LogP contribution in [-0.4, -0.2) is 11.0 Å². The summed E-state index contributed by atoms with van der Waals surface area (Å²) in [6.45, 7) is 6.33. The number of anilines is 1. The van der Waals surface area contributed by atoms with Crippen molar-refractivity contribution in [3.63, 3.8) is 0 Å². The lowest BCUT2D eigenvalue weighted by Crippen LogP contribution is -2.21. The first-order valence-corrected chi connectivity index (χ1v) is 4.47. The van der Waals surface area contributed by atoms with Crippen molar-refractivity contribution in [2.45, 2.75) is 26.8 Å². The lowest BCUT2D eigenvalue weighted by Gasteiger charge is -2.17. The molecule has 0 radical (unpaired) electrons. The molecule has 13 heavy (non-hydrogen) atoms. The van der Waals surface area contributed by atoms with Crippen molar-refractivity contribution in [1.29, 1.82) is 0 Å². The standard InChI is InChI=1S/C10H15FN2/c1-7(2)8(3)13-10-5-4-9(11)6-12-10/h4-8H,1-3H3,(H,12,13). The van der Waals surface area contributed by atoms with E-state index in [0.29, 0.717) is 12.0 Å². The zero-order chi connectivity index (χ0) is 9.84. The lowest BCUT2D eigenvalue weighted by molar-refractivity contribution is 0.557. The predicted molar refractivity (Wildman–Crippen MR) is 52.1 cm³/mol. The van der Waals surface area contributed by atoms with Crippen LogP contribution in [-0.2, 0) is 0 Å². The van der Waals surface area contributed by atoms with E-state index in [2.05, 4.69) is 31.1 Å². The summed E-state index contributed by atoms with van der Waals surface area (Å²) < 4.78 is 12.5. The third-order valence-corrected chi connectivity index (χ3v) is 2.10. The summed E-state index contributed by atoms with van der Waals surface area (Å²) in [6, 6.07) is 3.40. The van der Waals surface area contributed by atoms with Gasteiger partial charge in [-0.2, -0.15) is 0 Å². The Morgan fingerprint density at radius 2 is 2.00 bits per heavy atom. The Bertz CT molecular complexity index is 256. The molecule has 1 aromatic rings. The van der Waals surface area contributed by atoms with Crippen LogP contribution in [0.25, 0.3) is 0 Å². The fourth-order valence-electron chi connectivity index (χ4n) is 0.861. The van der Waals surface area contributed by atoms with Gasteiger partial charge in [0.2, 0.25) is 0 Å². The molecule has 1 aromatic heterocycles. The fraction of sp³-hybridized carbons (Fsp3) is 0.500. The first kappa shape index (κ1) is 9.96. The van der Waals surface area contributed by atoms with Crippen molar-refractivity contribution in [1.82, 2.24) is 4.98 Å². The molecule has 0 bridgehead atoms. The molecule has 1 heterocycles.